The summed E-state index contributed by atoms with van der Waals surface area (Å²) in [6.07, 6.45) is 1.41. The van der Waals surface area contributed by atoms with Crippen molar-refractivity contribution in [3.8, 4) is 17.0 Å². The Morgan fingerprint density at radius 1 is 1.03 bits per heavy atom. The van der Waals surface area contributed by atoms with Gasteiger partial charge in [-0.05, 0) is 35.9 Å². The third-order valence-corrected chi connectivity index (χ3v) is 5.77. The minimum absolute atomic E-state index is 0.190. The van der Waals surface area contributed by atoms with E-state index in [1.807, 2.05) is 18.2 Å². The molecule has 7 nitrogen and oxygen atoms in total. The van der Waals surface area contributed by atoms with Gasteiger partial charge < -0.3 is 14.7 Å². The highest BCUT2D eigenvalue weighted by Gasteiger charge is 2.18. The molecule has 2 aromatic heterocycles. The van der Waals surface area contributed by atoms with Crippen LogP contribution in [0.2, 0.25) is 0 Å². The minimum atomic E-state index is -3.71. The summed E-state index contributed by atoms with van der Waals surface area (Å²) in [5.74, 6) is 0.498. The van der Waals surface area contributed by atoms with Crippen LogP contribution in [-0.2, 0) is 15.8 Å². The van der Waals surface area contributed by atoms with Crippen LogP contribution in [0.3, 0.4) is 0 Å². The van der Waals surface area contributed by atoms with Crippen molar-refractivity contribution in [2.75, 3.05) is 11.8 Å². The number of fused-ring (bicyclic) bond motifs is 1. The number of hydrogen-bond acceptors (Lipinski definition) is 4. The molecule has 0 bridgehead atoms. The molecule has 2 aromatic carbocycles. The summed E-state index contributed by atoms with van der Waals surface area (Å²) in [4.78, 5) is 18.3. The first-order valence-corrected chi connectivity index (χ1v) is 10.5. The molecule has 4 aromatic rings. The number of aromatic amines is 2. The third kappa shape index (κ3) is 4.02. The molecule has 2 heterocycles. The number of hydrogen-bond donors (Lipinski definition) is 3. The second kappa shape index (κ2) is 7.48. The summed E-state index contributed by atoms with van der Waals surface area (Å²) >= 11 is 0. The van der Waals surface area contributed by atoms with Crippen molar-refractivity contribution >= 4 is 26.6 Å². The van der Waals surface area contributed by atoms with Crippen molar-refractivity contribution < 1.29 is 13.2 Å². The molecular formula is C21H19N3O4S. The van der Waals surface area contributed by atoms with Crippen LogP contribution in [0, 0.1) is 0 Å². The lowest BCUT2D eigenvalue weighted by atomic mass is 10.1. The summed E-state index contributed by atoms with van der Waals surface area (Å²) in [5, 5.41) is 0.848. The van der Waals surface area contributed by atoms with Crippen LogP contribution in [0.25, 0.3) is 22.2 Å². The Morgan fingerprint density at radius 2 is 1.83 bits per heavy atom. The van der Waals surface area contributed by atoms with Gasteiger partial charge in [-0.2, -0.15) is 0 Å². The Balaban J connectivity index is 1.73. The van der Waals surface area contributed by atoms with Gasteiger partial charge in [0, 0.05) is 17.1 Å². The smallest absolute Gasteiger partial charge is 0.259 e. The van der Waals surface area contributed by atoms with Crippen molar-refractivity contribution in [1.29, 1.82) is 0 Å². The molecule has 0 saturated carbocycles. The maximum Gasteiger partial charge on any atom is 0.259 e. The molecule has 0 fully saturated rings. The molecule has 8 heteroatoms. The van der Waals surface area contributed by atoms with Gasteiger partial charge in [0.05, 0.1) is 29.8 Å². The van der Waals surface area contributed by atoms with E-state index in [1.165, 1.54) is 12.3 Å². The summed E-state index contributed by atoms with van der Waals surface area (Å²) in [5.41, 5.74) is 2.00. The van der Waals surface area contributed by atoms with Gasteiger partial charge in [-0.1, -0.05) is 30.3 Å². The normalized spacial score (nSPS) is 11.5. The van der Waals surface area contributed by atoms with Gasteiger partial charge in [-0.15, -0.1) is 0 Å². The first kappa shape index (κ1) is 18.8. The molecule has 3 N–H and O–H groups in total. The number of rotatable bonds is 6. The lowest BCUT2D eigenvalue weighted by Gasteiger charge is -2.11. The van der Waals surface area contributed by atoms with E-state index in [1.54, 1.807) is 43.5 Å². The van der Waals surface area contributed by atoms with Gasteiger partial charge in [0.15, 0.2) is 0 Å². The first-order chi connectivity index (χ1) is 13.9. The maximum absolute atomic E-state index is 12.7. The SMILES string of the molecule is COc1ccc2[nH]c(-c3c(NS(=O)(=O)Cc4ccccc4)cc[nH]c3=O)cc2c1. The van der Waals surface area contributed by atoms with Gasteiger partial charge in [0.25, 0.3) is 5.56 Å². The van der Waals surface area contributed by atoms with E-state index >= 15 is 0 Å². The van der Waals surface area contributed by atoms with Crippen molar-refractivity contribution in [1.82, 2.24) is 9.97 Å². The van der Waals surface area contributed by atoms with Crippen LogP contribution in [-0.4, -0.2) is 25.5 Å². The molecule has 0 radical (unpaired) electrons. The molecule has 0 amide bonds. The number of nitrogens with one attached hydrogen (secondary N) is 3. The van der Waals surface area contributed by atoms with Crippen LogP contribution in [0.4, 0.5) is 5.69 Å². The number of anilines is 1. The molecule has 4 rings (SSSR count). The topological polar surface area (TPSA) is 104 Å². The summed E-state index contributed by atoms with van der Waals surface area (Å²) < 4.78 is 33.1. The molecule has 0 unspecified atom stereocenters. The average Bonchev–Trinajstić information content (AvgIpc) is 3.10. The van der Waals surface area contributed by atoms with Gasteiger partial charge in [0.1, 0.15) is 5.75 Å². The highest BCUT2D eigenvalue weighted by atomic mass is 32.2. The minimum Gasteiger partial charge on any atom is -0.497 e. The second-order valence-corrected chi connectivity index (χ2v) is 8.30. The lowest BCUT2D eigenvalue weighted by molar-refractivity contribution is 0.415. The van der Waals surface area contributed by atoms with Gasteiger partial charge in [-0.25, -0.2) is 8.42 Å². The molecule has 0 aliphatic heterocycles. The molecule has 148 valence electrons. The van der Waals surface area contributed by atoms with E-state index in [0.29, 0.717) is 17.0 Å². The van der Waals surface area contributed by atoms with Crippen molar-refractivity contribution in [2.45, 2.75) is 5.75 Å². The molecular weight excluding hydrogens is 390 g/mol. The number of ether oxygens (including phenoxy) is 1. The quantitative estimate of drug-likeness (QED) is 0.453. The molecule has 0 aliphatic carbocycles. The number of aromatic nitrogens is 2. The van der Waals surface area contributed by atoms with Crippen molar-refractivity contribution in [3.63, 3.8) is 0 Å². The zero-order valence-corrected chi connectivity index (χ0v) is 16.4. The Morgan fingerprint density at radius 3 is 2.59 bits per heavy atom. The standard InChI is InChI=1S/C21H19N3O4S/c1-28-16-7-8-17-15(11-16)12-19(23-17)20-18(9-10-22-21(20)25)24-29(26,27)13-14-5-3-2-4-6-14/h2-12,23H,13H2,1H3,(H2,22,24,25). The molecule has 0 saturated heterocycles. The predicted molar refractivity (Wildman–Crippen MR) is 114 cm³/mol. The zero-order chi connectivity index (χ0) is 20.4. The molecule has 0 spiro atoms. The number of methoxy groups -OCH3 is 1. The largest absolute Gasteiger partial charge is 0.497 e. The highest BCUT2D eigenvalue weighted by molar-refractivity contribution is 7.91. The first-order valence-electron chi connectivity index (χ1n) is 8.88. The van der Waals surface area contributed by atoms with E-state index in [2.05, 4.69) is 14.7 Å². The molecule has 29 heavy (non-hydrogen) atoms. The van der Waals surface area contributed by atoms with E-state index in [0.717, 1.165) is 10.9 Å². The van der Waals surface area contributed by atoms with E-state index < -0.39 is 15.6 Å². The Bertz CT molecular complexity index is 1330. The van der Waals surface area contributed by atoms with Crippen LogP contribution in [0.5, 0.6) is 5.75 Å². The summed E-state index contributed by atoms with van der Waals surface area (Å²) in [6, 6.07) is 17.7. The van der Waals surface area contributed by atoms with Crippen LogP contribution in [0.15, 0.2) is 71.7 Å². The Labute approximate surface area is 167 Å². The van der Waals surface area contributed by atoms with Crippen LogP contribution < -0.4 is 15.0 Å². The fourth-order valence-electron chi connectivity index (χ4n) is 3.20. The lowest BCUT2D eigenvalue weighted by Crippen LogP contribution is -2.19. The number of H-pyrrole nitrogens is 2. The number of sulfonamides is 1. The fraction of sp³-hybridized carbons (Fsp3) is 0.0952. The molecule has 0 aliphatic rings. The Kier molecular flexibility index (Phi) is 4.85. The predicted octanol–water partition coefficient (Wildman–Crippen LogP) is 3.47. The summed E-state index contributed by atoms with van der Waals surface area (Å²) in [6.45, 7) is 0. The van der Waals surface area contributed by atoms with Crippen LogP contribution in [0.1, 0.15) is 5.56 Å². The van der Waals surface area contributed by atoms with E-state index in [4.69, 9.17) is 4.74 Å². The van der Waals surface area contributed by atoms with Gasteiger partial charge in [-0.3, -0.25) is 9.52 Å². The highest BCUT2D eigenvalue weighted by Crippen LogP contribution is 2.29. The van der Waals surface area contributed by atoms with E-state index in [-0.39, 0.29) is 17.0 Å². The third-order valence-electron chi connectivity index (χ3n) is 4.52. The van der Waals surface area contributed by atoms with Crippen molar-refractivity contribution in [2.24, 2.45) is 0 Å². The monoisotopic (exact) mass is 409 g/mol. The second-order valence-electron chi connectivity index (χ2n) is 6.58. The maximum atomic E-state index is 12.7. The Hall–Kier alpha value is -3.52. The zero-order valence-electron chi connectivity index (χ0n) is 15.6. The molecule has 0 atom stereocenters. The average molecular weight is 409 g/mol. The van der Waals surface area contributed by atoms with Crippen LogP contribution >= 0.6 is 0 Å². The van der Waals surface area contributed by atoms with Gasteiger partial charge >= 0.3 is 0 Å². The van der Waals surface area contributed by atoms with Crippen molar-refractivity contribution in [3.05, 3.63) is 82.8 Å². The number of pyridine rings is 1. The van der Waals surface area contributed by atoms with Gasteiger partial charge in [0.2, 0.25) is 10.0 Å². The fourth-order valence-corrected chi connectivity index (χ4v) is 4.41. The summed E-state index contributed by atoms with van der Waals surface area (Å²) in [7, 11) is -2.13. The number of benzene rings is 2. The van der Waals surface area contributed by atoms with E-state index in [9.17, 15) is 13.2 Å².